The van der Waals surface area contributed by atoms with Crippen molar-refractivity contribution in [1.82, 2.24) is 10.3 Å². The first kappa shape index (κ1) is 19.8. The van der Waals surface area contributed by atoms with Crippen LogP contribution in [0.15, 0.2) is 40.8 Å². The molecule has 0 saturated carbocycles. The Morgan fingerprint density at radius 3 is 2.77 bits per heavy atom. The van der Waals surface area contributed by atoms with Crippen molar-refractivity contribution in [2.75, 3.05) is 25.7 Å². The van der Waals surface area contributed by atoms with Gasteiger partial charge in [-0.3, -0.25) is 9.59 Å². The molecule has 8 heteroatoms. The summed E-state index contributed by atoms with van der Waals surface area (Å²) >= 11 is 0. The Morgan fingerprint density at radius 1 is 1.20 bits per heavy atom. The number of ether oxygens (including phenoxy) is 2. The minimum Gasteiger partial charge on any atom is -0.493 e. The standard InChI is InChI=1S/C22H23N3O5/c1-13-24-17-10-16(5-7-18(17)30-13)25-12-15(9-21(25)26)22(27)23-11-14-4-6-19(28-2)20(8-14)29-3/h4-8,10,15H,9,11-12H2,1-3H3,(H,23,27)/t15-/m1/s1. The van der Waals surface area contributed by atoms with Gasteiger partial charge in [-0.1, -0.05) is 6.07 Å². The highest BCUT2D eigenvalue weighted by Gasteiger charge is 2.35. The van der Waals surface area contributed by atoms with Gasteiger partial charge in [0, 0.05) is 32.1 Å². The number of benzene rings is 2. The number of aromatic nitrogens is 1. The van der Waals surface area contributed by atoms with Crippen LogP contribution in [0.2, 0.25) is 0 Å². The van der Waals surface area contributed by atoms with Gasteiger partial charge < -0.3 is 24.1 Å². The molecular formula is C22H23N3O5. The average Bonchev–Trinajstić information content (AvgIpc) is 3.32. The Labute approximate surface area is 173 Å². The van der Waals surface area contributed by atoms with Crippen molar-refractivity contribution >= 4 is 28.6 Å². The molecule has 3 aromatic rings. The number of hydrogen-bond acceptors (Lipinski definition) is 6. The van der Waals surface area contributed by atoms with Gasteiger partial charge in [-0.05, 0) is 35.9 Å². The fourth-order valence-corrected chi connectivity index (χ4v) is 3.66. The highest BCUT2D eigenvalue weighted by Crippen LogP contribution is 2.29. The van der Waals surface area contributed by atoms with E-state index in [9.17, 15) is 9.59 Å². The topological polar surface area (TPSA) is 93.9 Å². The Hall–Kier alpha value is -3.55. The van der Waals surface area contributed by atoms with Crippen LogP contribution in [-0.2, 0) is 16.1 Å². The highest BCUT2D eigenvalue weighted by atomic mass is 16.5. The molecule has 1 N–H and O–H groups in total. The predicted octanol–water partition coefficient (Wildman–Crippen LogP) is 2.82. The van der Waals surface area contributed by atoms with E-state index in [-0.39, 0.29) is 18.2 Å². The zero-order chi connectivity index (χ0) is 21.3. The van der Waals surface area contributed by atoms with Gasteiger partial charge in [0.15, 0.2) is 23.0 Å². The minimum absolute atomic E-state index is 0.0826. The van der Waals surface area contributed by atoms with E-state index in [1.54, 1.807) is 38.2 Å². The molecule has 1 aromatic heterocycles. The number of fused-ring (bicyclic) bond motifs is 1. The zero-order valence-electron chi connectivity index (χ0n) is 17.1. The van der Waals surface area contributed by atoms with Gasteiger partial charge in [-0.2, -0.15) is 0 Å². The SMILES string of the molecule is COc1ccc(CNC(=O)[C@@H]2CC(=O)N(c3ccc4oc(C)nc4c3)C2)cc1OC. The van der Waals surface area contributed by atoms with Crippen LogP contribution in [0.5, 0.6) is 11.5 Å². The van der Waals surface area contributed by atoms with Crippen molar-refractivity contribution in [2.24, 2.45) is 5.92 Å². The Kier molecular flexibility index (Phi) is 5.31. The second kappa shape index (κ2) is 8.06. The molecule has 1 atom stereocenters. The molecule has 4 rings (SSSR count). The van der Waals surface area contributed by atoms with Crippen LogP contribution in [0.4, 0.5) is 5.69 Å². The number of nitrogens with one attached hydrogen (secondary N) is 1. The Bertz CT molecular complexity index is 1110. The molecule has 30 heavy (non-hydrogen) atoms. The lowest BCUT2D eigenvalue weighted by atomic mass is 10.1. The highest BCUT2D eigenvalue weighted by molar-refractivity contribution is 6.01. The van der Waals surface area contributed by atoms with E-state index in [1.807, 2.05) is 24.3 Å². The molecule has 2 amide bonds. The van der Waals surface area contributed by atoms with Crippen LogP contribution >= 0.6 is 0 Å². The number of aryl methyl sites for hydroxylation is 1. The fraction of sp³-hybridized carbons (Fsp3) is 0.318. The van der Waals surface area contributed by atoms with Crippen LogP contribution in [0.3, 0.4) is 0 Å². The summed E-state index contributed by atoms with van der Waals surface area (Å²) in [6.07, 6.45) is 0.174. The Morgan fingerprint density at radius 2 is 2.00 bits per heavy atom. The smallest absolute Gasteiger partial charge is 0.227 e. The summed E-state index contributed by atoms with van der Waals surface area (Å²) in [5.41, 5.74) is 2.97. The number of nitrogens with zero attached hydrogens (tertiary/aromatic N) is 2. The number of rotatable bonds is 6. The van der Waals surface area contributed by atoms with Crippen LogP contribution in [0.1, 0.15) is 17.9 Å². The molecule has 0 bridgehead atoms. The summed E-state index contributed by atoms with van der Waals surface area (Å²) in [5, 5.41) is 2.91. The molecule has 0 unspecified atom stereocenters. The second-order valence-corrected chi connectivity index (χ2v) is 7.20. The molecule has 2 aromatic carbocycles. The van der Waals surface area contributed by atoms with Crippen LogP contribution in [-0.4, -0.2) is 37.6 Å². The van der Waals surface area contributed by atoms with Crippen LogP contribution < -0.4 is 19.7 Å². The molecule has 8 nitrogen and oxygen atoms in total. The third kappa shape index (κ3) is 3.80. The molecule has 0 radical (unpaired) electrons. The van der Waals surface area contributed by atoms with Gasteiger partial charge in [-0.15, -0.1) is 0 Å². The third-order valence-electron chi connectivity index (χ3n) is 5.20. The van der Waals surface area contributed by atoms with Crippen LogP contribution in [0, 0.1) is 12.8 Å². The molecule has 0 spiro atoms. The number of amides is 2. The molecule has 0 aliphatic carbocycles. The van der Waals surface area contributed by atoms with Gasteiger partial charge in [0.2, 0.25) is 11.8 Å². The third-order valence-corrected chi connectivity index (χ3v) is 5.20. The number of carbonyl (C=O) groups is 2. The number of methoxy groups -OCH3 is 2. The molecule has 1 fully saturated rings. The zero-order valence-corrected chi connectivity index (χ0v) is 17.1. The Balaban J connectivity index is 1.41. The van der Waals surface area contributed by atoms with Crippen molar-refractivity contribution in [3.63, 3.8) is 0 Å². The van der Waals surface area contributed by atoms with E-state index in [1.165, 1.54) is 0 Å². The van der Waals surface area contributed by atoms with Crippen molar-refractivity contribution in [2.45, 2.75) is 19.9 Å². The number of oxazole rings is 1. The predicted molar refractivity (Wildman–Crippen MR) is 111 cm³/mol. The summed E-state index contributed by atoms with van der Waals surface area (Å²) in [4.78, 5) is 31.1. The molecule has 1 aliphatic heterocycles. The largest absolute Gasteiger partial charge is 0.493 e. The normalized spacial score (nSPS) is 16.2. The minimum atomic E-state index is -0.410. The van der Waals surface area contributed by atoms with Gasteiger partial charge in [-0.25, -0.2) is 4.98 Å². The molecule has 156 valence electrons. The lowest BCUT2D eigenvalue weighted by molar-refractivity contribution is -0.126. The quantitative estimate of drug-likeness (QED) is 0.673. The summed E-state index contributed by atoms with van der Waals surface area (Å²) < 4.78 is 16.0. The first-order chi connectivity index (χ1) is 14.5. The van der Waals surface area contributed by atoms with E-state index in [4.69, 9.17) is 13.9 Å². The number of carbonyl (C=O) groups excluding carboxylic acids is 2. The summed E-state index contributed by atoms with van der Waals surface area (Å²) in [5.74, 6) is 1.16. The molecule has 1 saturated heterocycles. The van der Waals surface area contributed by atoms with Gasteiger partial charge in [0.05, 0.1) is 20.1 Å². The molecule has 2 heterocycles. The monoisotopic (exact) mass is 409 g/mol. The van der Waals surface area contributed by atoms with Gasteiger partial charge in [0.1, 0.15) is 5.52 Å². The van der Waals surface area contributed by atoms with E-state index >= 15 is 0 Å². The number of hydrogen-bond donors (Lipinski definition) is 1. The van der Waals surface area contributed by atoms with E-state index in [2.05, 4.69) is 10.3 Å². The summed E-state index contributed by atoms with van der Waals surface area (Å²) in [7, 11) is 3.14. The molecular weight excluding hydrogens is 386 g/mol. The lowest BCUT2D eigenvalue weighted by Gasteiger charge is -2.16. The number of anilines is 1. The van der Waals surface area contributed by atoms with E-state index < -0.39 is 5.92 Å². The van der Waals surface area contributed by atoms with Crippen molar-refractivity contribution in [3.8, 4) is 11.5 Å². The second-order valence-electron chi connectivity index (χ2n) is 7.20. The molecule has 1 aliphatic rings. The lowest BCUT2D eigenvalue weighted by Crippen LogP contribution is -2.32. The maximum atomic E-state index is 12.7. The summed E-state index contributed by atoms with van der Waals surface area (Å²) in [6.45, 7) is 2.45. The van der Waals surface area contributed by atoms with Gasteiger partial charge >= 0.3 is 0 Å². The summed E-state index contributed by atoms with van der Waals surface area (Å²) in [6, 6.07) is 10.9. The van der Waals surface area contributed by atoms with E-state index in [0.29, 0.717) is 41.6 Å². The van der Waals surface area contributed by atoms with E-state index in [0.717, 1.165) is 11.3 Å². The first-order valence-corrected chi connectivity index (χ1v) is 9.64. The fourth-order valence-electron chi connectivity index (χ4n) is 3.66. The van der Waals surface area contributed by atoms with Crippen molar-refractivity contribution < 1.29 is 23.5 Å². The van der Waals surface area contributed by atoms with Crippen molar-refractivity contribution in [3.05, 3.63) is 47.9 Å². The van der Waals surface area contributed by atoms with Gasteiger partial charge in [0.25, 0.3) is 0 Å². The van der Waals surface area contributed by atoms with Crippen molar-refractivity contribution in [1.29, 1.82) is 0 Å². The van der Waals surface area contributed by atoms with Crippen LogP contribution in [0.25, 0.3) is 11.1 Å². The first-order valence-electron chi connectivity index (χ1n) is 9.64. The maximum Gasteiger partial charge on any atom is 0.227 e. The maximum absolute atomic E-state index is 12.7. The average molecular weight is 409 g/mol.